The van der Waals surface area contributed by atoms with Crippen LogP contribution < -0.4 is 15.4 Å². The number of amides is 1. The van der Waals surface area contributed by atoms with E-state index in [4.69, 9.17) is 4.74 Å². The van der Waals surface area contributed by atoms with Crippen molar-refractivity contribution in [2.45, 2.75) is 57.2 Å². The molecule has 0 bridgehead atoms. The molecule has 1 aliphatic carbocycles. The fourth-order valence-corrected chi connectivity index (χ4v) is 3.02. The van der Waals surface area contributed by atoms with Crippen molar-refractivity contribution in [1.29, 1.82) is 0 Å². The zero-order valence-corrected chi connectivity index (χ0v) is 12.3. The molecule has 0 aromatic carbocycles. The van der Waals surface area contributed by atoms with Gasteiger partial charge in [0.2, 0.25) is 11.8 Å². The van der Waals surface area contributed by atoms with E-state index in [1.54, 1.807) is 6.20 Å². The van der Waals surface area contributed by atoms with Crippen LogP contribution in [0.5, 0.6) is 5.88 Å². The van der Waals surface area contributed by atoms with Crippen LogP contribution in [0.25, 0.3) is 0 Å². The molecule has 0 radical (unpaired) electrons. The largest absolute Gasteiger partial charge is 0.474 e. The molecular formula is C16H23N3O2. The first-order chi connectivity index (χ1) is 10.3. The number of hydrogen-bond acceptors (Lipinski definition) is 4. The minimum Gasteiger partial charge on any atom is -0.474 e. The molecule has 2 aliphatic rings. The molecular weight excluding hydrogens is 266 g/mol. The molecule has 1 amide bonds. The Morgan fingerprint density at radius 2 is 2.19 bits per heavy atom. The summed E-state index contributed by atoms with van der Waals surface area (Å²) in [6, 6.07) is 3.82. The lowest BCUT2D eigenvalue weighted by atomic mass is 10.2. The van der Waals surface area contributed by atoms with Crippen LogP contribution in [0, 0.1) is 0 Å². The Balaban J connectivity index is 1.51. The highest BCUT2D eigenvalue weighted by Crippen LogP contribution is 2.23. The molecule has 2 N–H and O–H groups in total. The van der Waals surface area contributed by atoms with E-state index >= 15 is 0 Å². The number of carbonyl (C=O) groups is 1. The monoisotopic (exact) mass is 289 g/mol. The van der Waals surface area contributed by atoms with Gasteiger partial charge >= 0.3 is 0 Å². The van der Waals surface area contributed by atoms with Gasteiger partial charge in [-0.05, 0) is 56.7 Å². The Morgan fingerprint density at radius 1 is 1.33 bits per heavy atom. The lowest BCUT2D eigenvalue weighted by Gasteiger charge is -2.14. The molecule has 5 nitrogen and oxygen atoms in total. The van der Waals surface area contributed by atoms with E-state index in [1.165, 1.54) is 12.8 Å². The minimum absolute atomic E-state index is 0.0268. The molecule has 1 saturated carbocycles. The van der Waals surface area contributed by atoms with Gasteiger partial charge in [-0.2, -0.15) is 0 Å². The van der Waals surface area contributed by atoms with Crippen molar-refractivity contribution >= 4 is 5.91 Å². The van der Waals surface area contributed by atoms with Crippen LogP contribution in [0.4, 0.5) is 0 Å². The predicted molar refractivity (Wildman–Crippen MR) is 80.0 cm³/mol. The summed E-state index contributed by atoms with van der Waals surface area (Å²) in [5.74, 6) is 0.759. The summed E-state index contributed by atoms with van der Waals surface area (Å²) in [4.78, 5) is 16.2. The molecule has 1 atom stereocenters. The van der Waals surface area contributed by atoms with Crippen molar-refractivity contribution in [3.05, 3.63) is 23.9 Å². The number of nitrogens with one attached hydrogen (secondary N) is 2. The molecule has 5 heteroatoms. The summed E-state index contributed by atoms with van der Waals surface area (Å²) in [5, 5.41) is 6.18. The van der Waals surface area contributed by atoms with Crippen molar-refractivity contribution in [2.24, 2.45) is 0 Å². The zero-order chi connectivity index (χ0) is 14.5. The maximum absolute atomic E-state index is 12.0. The first-order valence-corrected chi connectivity index (χ1v) is 7.94. The zero-order valence-electron chi connectivity index (χ0n) is 12.3. The highest BCUT2D eigenvalue weighted by atomic mass is 16.5. The van der Waals surface area contributed by atoms with Gasteiger partial charge in [0.05, 0.1) is 6.04 Å². The molecule has 114 valence electrons. The Hall–Kier alpha value is -1.62. The number of aromatic nitrogens is 1. The number of ether oxygens (including phenoxy) is 1. The van der Waals surface area contributed by atoms with E-state index in [-0.39, 0.29) is 11.9 Å². The van der Waals surface area contributed by atoms with Crippen molar-refractivity contribution in [3.63, 3.8) is 0 Å². The molecule has 1 aliphatic heterocycles. The molecule has 1 aromatic rings. The maximum atomic E-state index is 12.0. The standard InChI is InChI=1S/C16H23N3O2/c20-16(14-6-3-8-17-14)19-11-12-7-9-18-15(10-12)21-13-4-1-2-5-13/h7,9-10,13-14,17H,1-6,8,11H2,(H,19,20). The number of pyridine rings is 1. The van der Waals surface area contributed by atoms with Gasteiger partial charge in [-0.15, -0.1) is 0 Å². The van der Waals surface area contributed by atoms with Crippen LogP contribution in [0.15, 0.2) is 18.3 Å². The first-order valence-electron chi connectivity index (χ1n) is 7.94. The highest BCUT2D eigenvalue weighted by Gasteiger charge is 2.21. The van der Waals surface area contributed by atoms with E-state index in [1.807, 2.05) is 12.1 Å². The Bertz CT molecular complexity index is 480. The topological polar surface area (TPSA) is 63.2 Å². The van der Waals surface area contributed by atoms with Gasteiger partial charge in [-0.25, -0.2) is 4.98 Å². The summed E-state index contributed by atoms with van der Waals surface area (Å²) in [5.41, 5.74) is 1.03. The van der Waals surface area contributed by atoms with Crippen molar-refractivity contribution in [3.8, 4) is 5.88 Å². The molecule has 3 rings (SSSR count). The summed E-state index contributed by atoms with van der Waals surface area (Å²) in [6.07, 6.45) is 8.80. The molecule has 1 unspecified atom stereocenters. The second-order valence-corrected chi connectivity index (χ2v) is 5.89. The van der Waals surface area contributed by atoms with Crippen LogP contribution >= 0.6 is 0 Å². The number of hydrogen-bond donors (Lipinski definition) is 2. The lowest BCUT2D eigenvalue weighted by Crippen LogP contribution is -2.40. The fourth-order valence-electron chi connectivity index (χ4n) is 3.02. The van der Waals surface area contributed by atoms with Crippen molar-refractivity contribution < 1.29 is 9.53 Å². The Kier molecular flexibility index (Phi) is 4.70. The van der Waals surface area contributed by atoms with Gasteiger partial charge < -0.3 is 15.4 Å². The van der Waals surface area contributed by atoms with E-state index in [0.29, 0.717) is 18.5 Å². The molecule has 21 heavy (non-hydrogen) atoms. The SMILES string of the molecule is O=C(NCc1ccnc(OC2CCCC2)c1)C1CCCN1. The number of carbonyl (C=O) groups excluding carboxylic acids is 1. The molecule has 0 spiro atoms. The Labute approximate surface area is 125 Å². The smallest absolute Gasteiger partial charge is 0.237 e. The predicted octanol–water partition coefficient (Wildman–Crippen LogP) is 1.77. The van der Waals surface area contributed by atoms with Gasteiger partial charge in [0.1, 0.15) is 6.10 Å². The van der Waals surface area contributed by atoms with Crippen LogP contribution in [-0.2, 0) is 11.3 Å². The quantitative estimate of drug-likeness (QED) is 0.867. The van der Waals surface area contributed by atoms with Gasteiger partial charge in [0.15, 0.2) is 0 Å². The molecule has 2 fully saturated rings. The lowest BCUT2D eigenvalue weighted by molar-refractivity contribution is -0.122. The average molecular weight is 289 g/mol. The van der Waals surface area contributed by atoms with E-state index in [9.17, 15) is 4.79 Å². The maximum Gasteiger partial charge on any atom is 0.237 e. The van der Waals surface area contributed by atoms with Crippen LogP contribution in [-0.4, -0.2) is 29.6 Å². The summed E-state index contributed by atoms with van der Waals surface area (Å²) >= 11 is 0. The van der Waals surface area contributed by atoms with Crippen LogP contribution in [0.2, 0.25) is 0 Å². The van der Waals surface area contributed by atoms with Gasteiger partial charge in [0, 0.05) is 18.8 Å². The minimum atomic E-state index is -0.0268. The summed E-state index contributed by atoms with van der Waals surface area (Å²) < 4.78 is 5.89. The number of nitrogens with zero attached hydrogens (tertiary/aromatic N) is 1. The molecule has 2 heterocycles. The molecule has 1 aromatic heterocycles. The third-order valence-corrected chi connectivity index (χ3v) is 4.23. The normalized spacial score (nSPS) is 22.4. The van der Waals surface area contributed by atoms with E-state index in [2.05, 4.69) is 15.6 Å². The van der Waals surface area contributed by atoms with Gasteiger partial charge in [-0.3, -0.25) is 4.79 Å². The van der Waals surface area contributed by atoms with Crippen molar-refractivity contribution in [2.75, 3.05) is 6.54 Å². The summed E-state index contributed by atoms with van der Waals surface area (Å²) in [6.45, 7) is 1.47. The summed E-state index contributed by atoms with van der Waals surface area (Å²) in [7, 11) is 0. The second kappa shape index (κ2) is 6.89. The van der Waals surface area contributed by atoms with Gasteiger partial charge in [-0.1, -0.05) is 0 Å². The van der Waals surface area contributed by atoms with E-state index < -0.39 is 0 Å². The third-order valence-electron chi connectivity index (χ3n) is 4.23. The average Bonchev–Trinajstić information content (AvgIpc) is 3.18. The third kappa shape index (κ3) is 3.94. The Morgan fingerprint density at radius 3 is 2.95 bits per heavy atom. The molecule has 1 saturated heterocycles. The van der Waals surface area contributed by atoms with Crippen LogP contribution in [0.3, 0.4) is 0 Å². The van der Waals surface area contributed by atoms with Crippen LogP contribution in [0.1, 0.15) is 44.1 Å². The van der Waals surface area contributed by atoms with Gasteiger partial charge in [0.25, 0.3) is 0 Å². The first kappa shape index (κ1) is 14.3. The van der Waals surface area contributed by atoms with Crippen molar-refractivity contribution in [1.82, 2.24) is 15.6 Å². The fraction of sp³-hybridized carbons (Fsp3) is 0.625. The van der Waals surface area contributed by atoms with E-state index in [0.717, 1.165) is 37.8 Å². The second-order valence-electron chi connectivity index (χ2n) is 5.89. The number of rotatable bonds is 5. The highest BCUT2D eigenvalue weighted by molar-refractivity contribution is 5.81.